The number of amides is 1. The second-order valence-electron chi connectivity index (χ2n) is 6.15. The smallest absolute Gasteiger partial charge is 0.226 e. The fourth-order valence-corrected chi connectivity index (χ4v) is 2.97. The Morgan fingerprint density at radius 1 is 1.41 bits per heavy atom. The summed E-state index contributed by atoms with van der Waals surface area (Å²) in [6.45, 7) is 3.75. The van der Waals surface area contributed by atoms with Gasteiger partial charge in [0.25, 0.3) is 0 Å². The number of aromatic nitrogens is 3. The lowest BCUT2D eigenvalue weighted by Gasteiger charge is -2.28. The van der Waals surface area contributed by atoms with E-state index in [-0.39, 0.29) is 5.91 Å². The third kappa shape index (κ3) is 3.35. The van der Waals surface area contributed by atoms with E-state index in [2.05, 4.69) is 14.5 Å². The van der Waals surface area contributed by atoms with Gasteiger partial charge in [-0.25, -0.2) is 4.98 Å². The SMILES string of the molecule is Cc1ccc(CC(=O)N(C)CC2CCn3ccnc3C2)cn1. The number of imidazole rings is 1. The lowest BCUT2D eigenvalue weighted by atomic mass is 9.97. The maximum absolute atomic E-state index is 12.3. The van der Waals surface area contributed by atoms with Crippen LogP contribution in [0.1, 0.15) is 23.5 Å². The fourth-order valence-electron chi connectivity index (χ4n) is 2.97. The summed E-state index contributed by atoms with van der Waals surface area (Å²) >= 11 is 0. The predicted octanol–water partition coefficient (Wildman–Crippen LogP) is 1.85. The molecule has 0 aliphatic carbocycles. The number of fused-ring (bicyclic) bond motifs is 1. The molecule has 1 unspecified atom stereocenters. The van der Waals surface area contributed by atoms with Gasteiger partial charge in [0.1, 0.15) is 5.82 Å². The number of hydrogen-bond acceptors (Lipinski definition) is 3. The van der Waals surface area contributed by atoms with Gasteiger partial charge >= 0.3 is 0 Å². The topological polar surface area (TPSA) is 51.0 Å². The minimum atomic E-state index is 0.152. The molecule has 3 rings (SSSR count). The summed E-state index contributed by atoms with van der Waals surface area (Å²) in [7, 11) is 1.89. The quantitative estimate of drug-likeness (QED) is 0.865. The lowest BCUT2D eigenvalue weighted by Crippen LogP contribution is -2.35. The van der Waals surface area contributed by atoms with Gasteiger partial charge in [-0.3, -0.25) is 9.78 Å². The van der Waals surface area contributed by atoms with Crippen LogP contribution in [0.3, 0.4) is 0 Å². The molecule has 2 aromatic heterocycles. The second-order valence-corrected chi connectivity index (χ2v) is 6.15. The van der Waals surface area contributed by atoms with Crippen LogP contribution in [0.5, 0.6) is 0 Å². The summed E-state index contributed by atoms with van der Waals surface area (Å²) in [6.07, 6.45) is 8.16. The molecule has 5 nitrogen and oxygen atoms in total. The number of hydrogen-bond donors (Lipinski definition) is 0. The van der Waals surface area contributed by atoms with Crippen LogP contribution < -0.4 is 0 Å². The molecule has 1 aliphatic rings. The molecule has 0 spiro atoms. The molecular weight excluding hydrogens is 276 g/mol. The minimum absolute atomic E-state index is 0.152. The van der Waals surface area contributed by atoms with Gasteiger partial charge < -0.3 is 9.47 Å². The molecule has 0 radical (unpaired) electrons. The Kier molecular flexibility index (Phi) is 4.22. The van der Waals surface area contributed by atoms with Gasteiger partial charge in [0.05, 0.1) is 6.42 Å². The van der Waals surface area contributed by atoms with E-state index in [1.807, 2.05) is 43.4 Å². The normalized spacial score (nSPS) is 17.1. The zero-order valence-corrected chi connectivity index (χ0v) is 13.2. The van der Waals surface area contributed by atoms with E-state index in [9.17, 15) is 4.79 Å². The molecular formula is C17H22N4O. The molecule has 1 atom stereocenters. The number of aryl methyl sites for hydroxylation is 2. The van der Waals surface area contributed by atoms with E-state index < -0.39 is 0 Å². The van der Waals surface area contributed by atoms with Crippen LogP contribution in [-0.2, 0) is 24.2 Å². The van der Waals surface area contributed by atoms with Gasteiger partial charge in [-0.2, -0.15) is 0 Å². The van der Waals surface area contributed by atoms with Crippen LogP contribution in [0.15, 0.2) is 30.7 Å². The summed E-state index contributed by atoms with van der Waals surface area (Å²) in [5, 5.41) is 0. The van der Waals surface area contributed by atoms with Gasteiger partial charge in [-0.1, -0.05) is 6.07 Å². The largest absolute Gasteiger partial charge is 0.345 e. The standard InChI is InChI=1S/C17H22N4O/c1-13-3-4-14(11-19-13)10-17(22)20(2)12-15-5-7-21-8-6-18-16(21)9-15/h3-4,6,8,11,15H,5,7,9-10,12H2,1-2H3. The van der Waals surface area contributed by atoms with Crippen molar-refractivity contribution in [3.63, 3.8) is 0 Å². The first-order valence-corrected chi connectivity index (χ1v) is 7.77. The Hall–Kier alpha value is -2.17. The number of nitrogens with zero attached hydrogens (tertiary/aromatic N) is 4. The van der Waals surface area contributed by atoms with Crippen LogP contribution in [0.2, 0.25) is 0 Å². The molecule has 5 heteroatoms. The lowest BCUT2D eigenvalue weighted by molar-refractivity contribution is -0.129. The predicted molar refractivity (Wildman–Crippen MR) is 84.4 cm³/mol. The molecule has 1 aliphatic heterocycles. The van der Waals surface area contributed by atoms with Gasteiger partial charge in [-0.05, 0) is 30.9 Å². The maximum atomic E-state index is 12.3. The van der Waals surface area contributed by atoms with Gasteiger partial charge in [0, 0.05) is 50.8 Å². The van der Waals surface area contributed by atoms with Crippen molar-refractivity contribution in [1.82, 2.24) is 19.4 Å². The van der Waals surface area contributed by atoms with Crippen LogP contribution in [0.25, 0.3) is 0 Å². The zero-order chi connectivity index (χ0) is 15.5. The highest BCUT2D eigenvalue weighted by molar-refractivity contribution is 5.78. The monoisotopic (exact) mass is 298 g/mol. The van der Waals surface area contributed by atoms with E-state index in [0.29, 0.717) is 12.3 Å². The molecule has 0 N–H and O–H groups in total. The van der Waals surface area contributed by atoms with Crippen LogP contribution in [-0.4, -0.2) is 38.9 Å². The highest BCUT2D eigenvalue weighted by Crippen LogP contribution is 2.20. The Morgan fingerprint density at radius 2 is 2.27 bits per heavy atom. The Bertz CT molecular complexity index is 647. The molecule has 0 bridgehead atoms. The molecule has 0 saturated heterocycles. The van der Waals surface area contributed by atoms with Crippen molar-refractivity contribution >= 4 is 5.91 Å². The van der Waals surface area contributed by atoms with Crippen molar-refractivity contribution in [3.8, 4) is 0 Å². The first-order valence-electron chi connectivity index (χ1n) is 7.77. The van der Waals surface area contributed by atoms with E-state index >= 15 is 0 Å². The van der Waals surface area contributed by atoms with Crippen molar-refractivity contribution in [3.05, 3.63) is 47.8 Å². The number of carbonyl (C=O) groups is 1. The highest BCUT2D eigenvalue weighted by Gasteiger charge is 2.22. The van der Waals surface area contributed by atoms with Crippen LogP contribution in [0, 0.1) is 12.8 Å². The van der Waals surface area contributed by atoms with Crippen LogP contribution >= 0.6 is 0 Å². The van der Waals surface area contributed by atoms with E-state index in [0.717, 1.165) is 43.0 Å². The van der Waals surface area contributed by atoms with Crippen molar-refractivity contribution in [2.75, 3.05) is 13.6 Å². The Labute approximate surface area is 131 Å². The number of carbonyl (C=O) groups excluding carboxylic acids is 1. The zero-order valence-electron chi connectivity index (χ0n) is 13.2. The molecule has 0 aromatic carbocycles. The minimum Gasteiger partial charge on any atom is -0.345 e. The first-order chi connectivity index (χ1) is 10.6. The molecule has 3 heterocycles. The number of pyridine rings is 1. The molecule has 22 heavy (non-hydrogen) atoms. The highest BCUT2D eigenvalue weighted by atomic mass is 16.2. The average molecular weight is 298 g/mol. The van der Waals surface area contributed by atoms with Gasteiger partial charge in [0.15, 0.2) is 0 Å². The van der Waals surface area contributed by atoms with E-state index in [1.165, 1.54) is 0 Å². The summed E-state index contributed by atoms with van der Waals surface area (Å²) in [6, 6.07) is 3.93. The summed E-state index contributed by atoms with van der Waals surface area (Å²) in [5.74, 6) is 1.79. The van der Waals surface area contributed by atoms with Gasteiger partial charge in [-0.15, -0.1) is 0 Å². The summed E-state index contributed by atoms with van der Waals surface area (Å²) < 4.78 is 2.20. The third-order valence-electron chi connectivity index (χ3n) is 4.34. The van der Waals surface area contributed by atoms with Crippen molar-refractivity contribution < 1.29 is 4.79 Å². The molecule has 1 amide bonds. The molecule has 0 saturated carbocycles. The summed E-state index contributed by atoms with van der Waals surface area (Å²) in [4.78, 5) is 22.8. The van der Waals surface area contributed by atoms with E-state index in [1.54, 1.807) is 6.20 Å². The van der Waals surface area contributed by atoms with Crippen molar-refractivity contribution in [2.45, 2.75) is 32.7 Å². The fraction of sp³-hybridized carbons (Fsp3) is 0.471. The molecule has 0 fully saturated rings. The second kappa shape index (κ2) is 6.30. The number of rotatable bonds is 4. The first kappa shape index (κ1) is 14.8. The van der Waals surface area contributed by atoms with E-state index in [4.69, 9.17) is 0 Å². The molecule has 116 valence electrons. The van der Waals surface area contributed by atoms with Crippen LogP contribution in [0.4, 0.5) is 0 Å². The van der Waals surface area contributed by atoms with Crippen molar-refractivity contribution in [1.29, 1.82) is 0 Å². The number of likely N-dealkylation sites (N-methyl/N-ethyl adjacent to an activating group) is 1. The molecule has 2 aromatic rings. The summed E-state index contributed by atoms with van der Waals surface area (Å²) in [5.41, 5.74) is 1.95. The Morgan fingerprint density at radius 3 is 3.05 bits per heavy atom. The Balaban J connectivity index is 1.54. The average Bonchev–Trinajstić information content (AvgIpc) is 2.97. The van der Waals surface area contributed by atoms with Crippen molar-refractivity contribution in [2.24, 2.45) is 5.92 Å². The van der Waals surface area contributed by atoms with Gasteiger partial charge in [0.2, 0.25) is 5.91 Å². The third-order valence-corrected chi connectivity index (χ3v) is 4.34. The maximum Gasteiger partial charge on any atom is 0.226 e.